The molecule has 2 amide bonds. The predicted molar refractivity (Wildman–Crippen MR) is 110 cm³/mol. The maximum absolute atomic E-state index is 12.8. The van der Waals surface area contributed by atoms with Crippen LogP contribution in [0.1, 0.15) is 48.3 Å². The van der Waals surface area contributed by atoms with Gasteiger partial charge in [0.2, 0.25) is 5.91 Å². The smallest absolute Gasteiger partial charge is 0.251 e. The van der Waals surface area contributed by atoms with E-state index < -0.39 is 0 Å². The van der Waals surface area contributed by atoms with E-state index in [2.05, 4.69) is 15.5 Å². The van der Waals surface area contributed by atoms with E-state index in [1.807, 2.05) is 31.2 Å². The summed E-state index contributed by atoms with van der Waals surface area (Å²) in [5.74, 6) is 0.706. The fourth-order valence-corrected chi connectivity index (χ4v) is 4.69. The Morgan fingerprint density at radius 2 is 2.14 bits per heavy atom. The Labute approximate surface area is 169 Å². The molecule has 148 valence electrons. The lowest BCUT2D eigenvalue weighted by molar-refractivity contribution is -0.115. The molecule has 2 unspecified atom stereocenters. The predicted octanol–water partition coefficient (Wildman–Crippen LogP) is 3.67. The Kier molecular flexibility index (Phi) is 5.73. The van der Waals surface area contributed by atoms with Crippen molar-refractivity contribution in [2.24, 2.45) is 0 Å². The van der Waals surface area contributed by atoms with Gasteiger partial charge in [0.1, 0.15) is 5.76 Å². The number of hydrogen-bond donors (Lipinski definition) is 2. The normalized spacial score (nSPS) is 20.9. The molecule has 2 aliphatic rings. The first-order valence-electron chi connectivity index (χ1n) is 9.79. The molecule has 0 saturated carbocycles. The third-order valence-electron chi connectivity index (χ3n) is 5.33. The number of benzene rings is 1. The first-order chi connectivity index (χ1) is 13.6. The zero-order valence-electron chi connectivity index (χ0n) is 15.9. The average Bonchev–Trinajstić information content (AvgIpc) is 3.24. The van der Waals surface area contributed by atoms with Gasteiger partial charge in [-0.3, -0.25) is 14.5 Å². The topological polar surface area (TPSA) is 74.6 Å². The van der Waals surface area contributed by atoms with Crippen molar-refractivity contribution < 1.29 is 14.0 Å². The number of thioether (sulfide) groups is 1. The molecule has 1 fully saturated rings. The molecule has 4 rings (SSSR count). The second-order valence-corrected chi connectivity index (χ2v) is 8.68. The zero-order chi connectivity index (χ0) is 19.5. The molecule has 0 aliphatic carbocycles. The monoisotopic (exact) mass is 399 g/mol. The molecular weight excluding hydrogens is 374 g/mol. The minimum atomic E-state index is -0.144. The quantitative estimate of drug-likeness (QED) is 0.802. The highest BCUT2D eigenvalue weighted by Crippen LogP contribution is 2.36. The summed E-state index contributed by atoms with van der Waals surface area (Å²) in [6.45, 7) is 4.39. The summed E-state index contributed by atoms with van der Waals surface area (Å²) in [7, 11) is 0. The molecule has 0 bridgehead atoms. The minimum absolute atomic E-state index is 0.0296. The van der Waals surface area contributed by atoms with Crippen LogP contribution in [0.3, 0.4) is 0 Å². The lowest BCUT2D eigenvalue weighted by atomic mass is 10.1. The number of carbonyl (C=O) groups excluding carboxylic acids is 2. The standard InChI is InChI=1S/C21H25N3O3S/c1-14-20(25)23-16-12-15(7-8-19(16)28-14)21(26)22-13-17(18-6-5-11-27-18)24-9-3-2-4-10-24/h5-8,11-12,14,17H,2-4,9-10,13H2,1H3,(H,22,26)(H,23,25). The molecule has 2 N–H and O–H groups in total. The van der Waals surface area contributed by atoms with Gasteiger partial charge in [-0.1, -0.05) is 6.42 Å². The summed E-state index contributed by atoms with van der Waals surface area (Å²) in [5, 5.41) is 5.81. The number of nitrogens with one attached hydrogen (secondary N) is 2. The van der Waals surface area contributed by atoms with Crippen molar-refractivity contribution in [2.75, 3.05) is 25.0 Å². The molecule has 7 heteroatoms. The van der Waals surface area contributed by atoms with Crippen LogP contribution in [0.15, 0.2) is 45.9 Å². The number of furan rings is 1. The Morgan fingerprint density at radius 3 is 2.89 bits per heavy atom. The molecule has 1 aromatic carbocycles. The van der Waals surface area contributed by atoms with Crippen LogP contribution in [-0.2, 0) is 4.79 Å². The van der Waals surface area contributed by atoms with E-state index in [1.165, 1.54) is 31.0 Å². The minimum Gasteiger partial charge on any atom is -0.468 e. The number of likely N-dealkylation sites (tertiary alicyclic amines) is 1. The fraction of sp³-hybridized carbons (Fsp3) is 0.429. The van der Waals surface area contributed by atoms with Crippen molar-refractivity contribution >= 4 is 29.3 Å². The summed E-state index contributed by atoms with van der Waals surface area (Å²) in [4.78, 5) is 28.0. The van der Waals surface area contributed by atoms with Crippen molar-refractivity contribution in [1.29, 1.82) is 0 Å². The van der Waals surface area contributed by atoms with Crippen LogP contribution in [0.25, 0.3) is 0 Å². The highest BCUT2D eigenvalue weighted by Gasteiger charge is 2.26. The number of fused-ring (bicyclic) bond motifs is 1. The first kappa shape index (κ1) is 19.1. The summed E-state index contributed by atoms with van der Waals surface area (Å²) in [5.41, 5.74) is 1.26. The van der Waals surface area contributed by atoms with Crippen molar-refractivity contribution in [3.63, 3.8) is 0 Å². The largest absolute Gasteiger partial charge is 0.468 e. The Hall–Kier alpha value is -2.25. The summed E-state index contributed by atoms with van der Waals surface area (Å²) < 4.78 is 5.64. The van der Waals surface area contributed by atoms with E-state index in [4.69, 9.17) is 4.42 Å². The van der Waals surface area contributed by atoms with Crippen LogP contribution < -0.4 is 10.6 Å². The van der Waals surface area contributed by atoms with E-state index in [1.54, 1.807) is 12.3 Å². The summed E-state index contributed by atoms with van der Waals surface area (Å²) in [6, 6.07) is 9.36. The maximum atomic E-state index is 12.8. The second kappa shape index (κ2) is 8.41. The van der Waals surface area contributed by atoms with Gasteiger partial charge in [-0.05, 0) is 63.2 Å². The molecule has 28 heavy (non-hydrogen) atoms. The highest BCUT2D eigenvalue weighted by molar-refractivity contribution is 8.00. The highest BCUT2D eigenvalue weighted by atomic mass is 32.2. The van der Waals surface area contributed by atoms with E-state index >= 15 is 0 Å². The van der Waals surface area contributed by atoms with Gasteiger partial charge >= 0.3 is 0 Å². The molecule has 2 atom stereocenters. The molecule has 3 heterocycles. The number of carbonyl (C=O) groups is 2. The van der Waals surface area contributed by atoms with Crippen molar-refractivity contribution in [2.45, 2.75) is 42.4 Å². The van der Waals surface area contributed by atoms with Crippen LogP contribution in [0, 0.1) is 0 Å². The Bertz CT molecular complexity index is 847. The molecule has 2 aliphatic heterocycles. The molecule has 2 aromatic rings. The molecule has 0 spiro atoms. The van der Waals surface area contributed by atoms with Gasteiger partial charge in [0.15, 0.2) is 0 Å². The summed E-state index contributed by atoms with van der Waals surface area (Å²) >= 11 is 1.51. The van der Waals surface area contributed by atoms with Crippen LogP contribution >= 0.6 is 11.8 Å². The van der Waals surface area contributed by atoms with Gasteiger partial charge in [-0.2, -0.15) is 0 Å². The van der Waals surface area contributed by atoms with Gasteiger partial charge in [0.25, 0.3) is 5.91 Å². The van der Waals surface area contributed by atoms with Gasteiger partial charge in [-0.15, -0.1) is 11.8 Å². The number of anilines is 1. The van der Waals surface area contributed by atoms with Gasteiger partial charge in [0.05, 0.1) is 23.2 Å². The van der Waals surface area contributed by atoms with Crippen LogP contribution in [-0.4, -0.2) is 41.6 Å². The molecule has 0 radical (unpaired) electrons. The van der Waals surface area contributed by atoms with E-state index in [0.29, 0.717) is 17.8 Å². The molecular formula is C21H25N3O3S. The summed E-state index contributed by atoms with van der Waals surface area (Å²) in [6.07, 6.45) is 5.28. The van der Waals surface area contributed by atoms with E-state index in [-0.39, 0.29) is 23.1 Å². The van der Waals surface area contributed by atoms with Crippen LogP contribution in [0.5, 0.6) is 0 Å². The fourth-order valence-electron chi connectivity index (χ4n) is 3.76. The maximum Gasteiger partial charge on any atom is 0.251 e. The number of piperidine rings is 1. The second-order valence-electron chi connectivity index (χ2n) is 7.30. The van der Waals surface area contributed by atoms with E-state index in [9.17, 15) is 9.59 Å². The number of hydrogen-bond acceptors (Lipinski definition) is 5. The number of rotatable bonds is 5. The molecule has 1 aromatic heterocycles. The Morgan fingerprint density at radius 1 is 1.32 bits per heavy atom. The van der Waals surface area contributed by atoms with Crippen molar-refractivity contribution in [3.8, 4) is 0 Å². The third kappa shape index (κ3) is 4.10. The lowest BCUT2D eigenvalue weighted by Gasteiger charge is -2.33. The van der Waals surface area contributed by atoms with E-state index in [0.717, 1.165) is 23.7 Å². The average molecular weight is 400 g/mol. The SMILES string of the molecule is CC1Sc2ccc(C(=O)NCC(c3ccco3)N3CCCCC3)cc2NC1=O. The first-order valence-corrected chi connectivity index (χ1v) is 10.7. The molecule has 1 saturated heterocycles. The lowest BCUT2D eigenvalue weighted by Crippen LogP contribution is -2.40. The van der Waals surface area contributed by atoms with Crippen molar-refractivity contribution in [3.05, 3.63) is 47.9 Å². The third-order valence-corrected chi connectivity index (χ3v) is 6.51. The van der Waals surface area contributed by atoms with Gasteiger partial charge < -0.3 is 15.1 Å². The van der Waals surface area contributed by atoms with Gasteiger partial charge in [-0.25, -0.2) is 0 Å². The Balaban J connectivity index is 1.45. The number of nitrogens with zero attached hydrogens (tertiary/aromatic N) is 1. The van der Waals surface area contributed by atoms with Crippen molar-refractivity contribution in [1.82, 2.24) is 10.2 Å². The zero-order valence-corrected chi connectivity index (χ0v) is 16.8. The van der Waals surface area contributed by atoms with Crippen LogP contribution in [0.2, 0.25) is 0 Å². The van der Waals surface area contributed by atoms with Gasteiger partial charge in [0, 0.05) is 17.0 Å². The number of amides is 2. The molecule has 6 nitrogen and oxygen atoms in total. The van der Waals surface area contributed by atoms with Crippen LogP contribution in [0.4, 0.5) is 5.69 Å².